The van der Waals surface area contributed by atoms with Crippen LogP contribution >= 0.6 is 0 Å². The second-order valence-corrected chi connectivity index (χ2v) is 4.39. The van der Waals surface area contributed by atoms with Gasteiger partial charge in [-0.25, -0.2) is 4.98 Å². The Morgan fingerprint density at radius 3 is 2.62 bits per heavy atom. The van der Waals surface area contributed by atoms with Gasteiger partial charge in [0.1, 0.15) is 5.76 Å². The number of likely N-dealkylation sites (N-methyl/N-ethyl adjacent to an activating group) is 1. The van der Waals surface area contributed by atoms with Crippen LogP contribution in [0.2, 0.25) is 0 Å². The molecule has 0 aromatic carbocycles. The quantitative estimate of drug-likeness (QED) is 0.838. The lowest BCUT2D eigenvalue weighted by Gasteiger charge is -2.27. The Morgan fingerprint density at radius 1 is 1.62 bits per heavy atom. The first-order valence-electron chi connectivity index (χ1n) is 5.27. The summed E-state index contributed by atoms with van der Waals surface area (Å²) in [7, 11) is 0. The second-order valence-electron chi connectivity index (χ2n) is 4.39. The molecule has 0 aliphatic heterocycles. The largest absolute Gasteiger partial charge is 0.448 e. The number of aromatic nitrogens is 1. The summed E-state index contributed by atoms with van der Waals surface area (Å²) in [5, 5.41) is 9.70. The van der Waals surface area contributed by atoms with Crippen LogP contribution in [-0.2, 0) is 0 Å². The molecule has 0 aliphatic rings. The third kappa shape index (κ3) is 3.06. The first-order valence-corrected chi connectivity index (χ1v) is 5.27. The molecule has 0 fully saturated rings. The highest BCUT2D eigenvalue weighted by atomic mass is 16.3. The zero-order valence-electron chi connectivity index (χ0n) is 10.1. The van der Waals surface area contributed by atoms with E-state index in [1.807, 2.05) is 6.92 Å². The number of carbonyl (C=O) groups excluding carboxylic acids is 1. The number of carbonyl (C=O) groups is 1. The van der Waals surface area contributed by atoms with Crippen LogP contribution in [0, 0.1) is 6.92 Å². The third-order valence-corrected chi connectivity index (χ3v) is 2.19. The molecule has 5 heteroatoms. The van der Waals surface area contributed by atoms with Crippen molar-refractivity contribution in [2.75, 3.05) is 13.1 Å². The maximum atomic E-state index is 12.0. The molecule has 1 rings (SSSR count). The predicted molar refractivity (Wildman–Crippen MR) is 59.1 cm³/mol. The molecule has 0 bridgehead atoms. The number of rotatable bonds is 4. The van der Waals surface area contributed by atoms with E-state index in [4.69, 9.17) is 4.42 Å². The minimum Gasteiger partial charge on any atom is -0.448 e. The van der Waals surface area contributed by atoms with Gasteiger partial charge in [-0.3, -0.25) is 4.79 Å². The van der Waals surface area contributed by atoms with Gasteiger partial charge in [0.2, 0.25) is 0 Å². The summed E-state index contributed by atoms with van der Waals surface area (Å²) in [6.45, 7) is 7.68. The van der Waals surface area contributed by atoms with E-state index in [-0.39, 0.29) is 12.5 Å². The van der Waals surface area contributed by atoms with Crippen molar-refractivity contribution in [1.29, 1.82) is 0 Å². The van der Waals surface area contributed by atoms with E-state index in [2.05, 4.69) is 4.98 Å². The Kier molecular flexibility index (Phi) is 3.70. The summed E-state index contributed by atoms with van der Waals surface area (Å²) in [5.41, 5.74) is -0.602. The Morgan fingerprint density at radius 2 is 2.25 bits per heavy atom. The van der Waals surface area contributed by atoms with Crippen molar-refractivity contribution < 1.29 is 14.3 Å². The smallest absolute Gasteiger partial charge is 0.276 e. The zero-order chi connectivity index (χ0) is 12.3. The van der Waals surface area contributed by atoms with Crippen LogP contribution < -0.4 is 0 Å². The highest BCUT2D eigenvalue weighted by Gasteiger charge is 2.24. The molecule has 0 atom stereocenters. The molecule has 0 radical (unpaired) electrons. The molecule has 5 nitrogen and oxygen atoms in total. The number of nitrogens with zero attached hydrogens (tertiary/aromatic N) is 2. The molecule has 0 spiro atoms. The number of amides is 1. The van der Waals surface area contributed by atoms with Crippen molar-refractivity contribution in [2.45, 2.75) is 33.3 Å². The Balaban J connectivity index is 2.82. The van der Waals surface area contributed by atoms with E-state index in [0.717, 1.165) is 0 Å². The van der Waals surface area contributed by atoms with E-state index in [1.165, 1.54) is 6.39 Å². The van der Waals surface area contributed by atoms with Gasteiger partial charge in [0, 0.05) is 13.1 Å². The van der Waals surface area contributed by atoms with Crippen molar-refractivity contribution in [2.24, 2.45) is 0 Å². The minimum atomic E-state index is -0.913. The minimum absolute atomic E-state index is 0.212. The van der Waals surface area contributed by atoms with Gasteiger partial charge in [0.25, 0.3) is 5.91 Å². The summed E-state index contributed by atoms with van der Waals surface area (Å²) in [5.74, 6) is 0.287. The van der Waals surface area contributed by atoms with E-state index in [0.29, 0.717) is 18.0 Å². The third-order valence-electron chi connectivity index (χ3n) is 2.19. The van der Waals surface area contributed by atoms with Crippen LogP contribution in [-0.4, -0.2) is 39.6 Å². The maximum Gasteiger partial charge on any atom is 0.276 e. The molecule has 1 heterocycles. The van der Waals surface area contributed by atoms with Crippen molar-refractivity contribution in [1.82, 2.24) is 9.88 Å². The fraction of sp³-hybridized carbons (Fsp3) is 0.636. The molecule has 1 aromatic heterocycles. The van der Waals surface area contributed by atoms with Gasteiger partial charge < -0.3 is 14.4 Å². The van der Waals surface area contributed by atoms with Gasteiger partial charge in [0.05, 0.1) is 5.60 Å². The van der Waals surface area contributed by atoms with Crippen molar-refractivity contribution >= 4 is 5.91 Å². The fourth-order valence-electron chi connectivity index (χ4n) is 1.45. The van der Waals surface area contributed by atoms with Crippen LogP contribution in [0.25, 0.3) is 0 Å². The molecule has 1 N–H and O–H groups in total. The monoisotopic (exact) mass is 226 g/mol. The molecule has 0 saturated heterocycles. The SMILES string of the molecule is CCN(CC(C)(C)O)C(=O)c1ncoc1C. The summed E-state index contributed by atoms with van der Waals surface area (Å²) in [6.07, 6.45) is 1.25. The fourth-order valence-corrected chi connectivity index (χ4v) is 1.45. The summed E-state index contributed by atoms with van der Waals surface area (Å²) in [6, 6.07) is 0. The lowest BCUT2D eigenvalue weighted by molar-refractivity contribution is 0.0311. The van der Waals surface area contributed by atoms with Crippen molar-refractivity contribution in [3.63, 3.8) is 0 Å². The van der Waals surface area contributed by atoms with Crippen LogP contribution in [0.15, 0.2) is 10.8 Å². The van der Waals surface area contributed by atoms with Gasteiger partial charge in [-0.1, -0.05) is 0 Å². The van der Waals surface area contributed by atoms with Crippen molar-refractivity contribution in [3.05, 3.63) is 17.8 Å². The van der Waals surface area contributed by atoms with E-state index < -0.39 is 5.60 Å². The van der Waals surface area contributed by atoms with E-state index in [1.54, 1.807) is 25.7 Å². The highest BCUT2D eigenvalue weighted by molar-refractivity contribution is 5.93. The molecule has 0 aliphatic carbocycles. The molecule has 0 unspecified atom stereocenters. The lowest BCUT2D eigenvalue weighted by atomic mass is 10.1. The molecule has 90 valence electrons. The summed E-state index contributed by atoms with van der Waals surface area (Å²) in [4.78, 5) is 17.4. The number of aliphatic hydroxyl groups is 1. The topological polar surface area (TPSA) is 66.6 Å². The van der Waals surface area contributed by atoms with E-state index in [9.17, 15) is 9.90 Å². The summed E-state index contributed by atoms with van der Waals surface area (Å²) < 4.78 is 4.99. The van der Waals surface area contributed by atoms with Crippen LogP contribution in [0.3, 0.4) is 0 Å². The summed E-state index contributed by atoms with van der Waals surface area (Å²) >= 11 is 0. The Hall–Kier alpha value is -1.36. The van der Waals surface area contributed by atoms with Crippen LogP contribution in [0.4, 0.5) is 0 Å². The predicted octanol–water partition coefficient (Wildman–Crippen LogP) is 1.22. The maximum absolute atomic E-state index is 12.0. The van der Waals surface area contributed by atoms with Gasteiger partial charge in [-0.15, -0.1) is 0 Å². The van der Waals surface area contributed by atoms with E-state index >= 15 is 0 Å². The normalized spacial score (nSPS) is 11.6. The lowest BCUT2D eigenvalue weighted by Crippen LogP contribution is -2.42. The van der Waals surface area contributed by atoms with Crippen LogP contribution in [0.1, 0.15) is 37.0 Å². The molecule has 1 amide bonds. The molecular weight excluding hydrogens is 208 g/mol. The first kappa shape index (κ1) is 12.7. The molecule has 16 heavy (non-hydrogen) atoms. The molecular formula is C11H18N2O3. The standard InChI is InChI=1S/C11H18N2O3/c1-5-13(6-11(3,4)15)10(14)9-8(2)16-7-12-9/h7,15H,5-6H2,1-4H3. The molecule has 1 aromatic rings. The second kappa shape index (κ2) is 4.65. The number of aryl methyl sites for hydroxylation is 1. The first-order chi connectivity index (χ1) is 7.35. The van der Waals surface area contributed by atoms with Gasteiger partial charge in [-0.05, 0) is 27.7 Å². The van der Waals surface area contributed by atoms with Gasteiger partial charge in [0.15, 0.2) is 12.1 Å². The Labute approximate surface area is 95.1 Å². The highest BCUT2D eigenvalue weighted by Crippen LogP contribution is 2.11. The van der Waals surface area contributed by atoms with Gasteiger partial charge in [-0.2, -0.15) is 0 Å². The number of oxazole rings is 1. The number of hydrogen-bond donors (Lipinski definition) is 1. The van der Waals surface area contributed by atoms with Gasteiger partial charge >= 0.3 is 0 Å². The van der Waals surface area contributed by atoms with Crippen molar-refractivity contribution in [3.8, 4) is 0 Å². The average Bonchev–Trinajstić information content (AvgIpc) is 2.58. The van der Waals surface area contributed by atoms with Crippen LogP contribution in [0.5, 0.6) is 0 Å². The number of hydrogen-bond acceptors (Lipinski definition) is 4. The Bertz CT molecular complexity index is 366. The zero-order valence-corrected chi connectivity index (χ0v) is 10.1. The molecule has 0 saturated carbocycles. The average molecular weight is 226 g/mol.